The molecule has 0 radical (unpaired) electrons. The predicted octanol–water partition coefficient (Wildman–Crippen LogP) is 1.67. The fourth-order valence-corrected chi connectivity index (χ4v) is 2.75. The molecule has 1 N–H and O–H groups in total. The highest BCUT2D eigenvalue weighted by Gasteiger charge is 2.37. The minimum atomic E-state index is -3.37. The molecule has 6 heteroatoms. The summed E-state index contributed by atoms with van der Waals surface area (Å²) in [4.78, 5) is 0. The van der Waals surface area contributed by atoms with E-state index in [0.717, 1.165) is 0 Å². The average molecular weight is 240 g/mol. The normalized spacial score (nSPS) is 15.8. The van der Waals surface area contributed by atoms with Gasteiger partial charge in [-0.3, -0.25) is 4.72 Å². The molecule has 1 heterocycles. The van der Waals surface area contributed by atoms with Crippen LogP contribution in [-0.4, -0.2) is 13.7 Å². The molecule has 86 valence electrons. The third kappa shape index (κ3) is 1.78. The Bertz CT molecular complexity index is 562. The molecular formula is C10H12N2O3S. The van der Waals surface area contributed by atoms with E-state index in [1.165, 1.54) is 0 Å². The number of aryl methyl sites for hydroxylation is 1. The Morgan fingerprint density at radius 3 is 2.56 bits per heavy atom. The summed E-state index contributed by atoms with van der Waals surface area (Å²) in [5.74, 6) is 0.606. The summed E-state index contributed by atoms with van der Waals surface area (Å²) in [7, 11) is -3.37. The van der Waals surface area contributed by atoms with Crippen molar-refractivity contribution in [2.45, 2.75) is 31.9 Å². The standard InChI is InChI=1S/C10H12N2O3S/c1-6-7(2)15-10(9(6)5-11)12-16(13,14)8-3-4-8/h8,12H,3-4H2,1-2H3. The molecule has 16 heavy (non-hydrogen) atoms. The van der Waals surface area contributed by atoms with Crippen LogP contribution in [-0.2, 0) is 10.0 Å². The van der Waals surface area contributed by atoms with Crippen LogP contribution in [0, 0.1) is 25.2 Å². The lowest BCUT2D eigenvalue weighted by molar-refractivity contribution is 0.545. The Labute approximate surface area is 94.1 Å². The summed E-state index contributed by atoms with van der Waals surface area (Å²) in [5, 5.41) is 8.59. The second-order valence-corrected chi connectivity index (χ2v) is 5.91. The van der Waals surface area contributed by atoms with Crippen molar-refractivity contribution in [1.29, 1.82) is 5.26 Å². The van der Waals surface area contributed by atoms with Crippen LogP contribution in [0.15, 0.2) is 4.42 Å². The van der Waals surface area contributed by atoms with Crippen LogP contribution in [0.2, 0.25) is 0 Å². The molecule has 1 fully saturated rings. The molecule has 1 aromatic heterocycles. The van der Waals surface area contributed by atoms with Gasteiger partial charge in [-0.15, -0.1) is 0 Å². The van der Waals surface area contributed by atoms with Crippen molar-refractivity contribution in [2.75, 3.05) is 4.72 Å². The van der Waals surface area contributed by atoms with Crippen LogP contribution in [0.25, 0.3) is 0 Å². The van der Waals surface area contributed by atoms with E-state index in [9.17, 15) is 8.42 Å². The van der Waals surface area contributed by atoms with E-state index in [1.807, 2.05) is 6.07 Å². The molecule has 2 rings (SSSR count). The molecule has 0 spiro atoms. The van der Waals surface area contributed by atoms with Crippen LogP contribution in [0.5, 0.6) is 0 Å². The summed E-state index contributed by atoms with van der Waals surface area (Å²) in [6.45, 7) is 3.43. The molecule has 0 amide bonds. The van der Waals surface area contributed by atoms with Gasteiger partial charge in [0.15, 0.2) is 0 Å². The van der Waals surface area contributed by atoms with Gasteiger partial charge >= 0.3 is 0 Å². The van der Waals surface area contributed by atoms with Crippen molar-refractivity contribution < 1.29 is 12.8 Å². The van der Waals surface area contributed by atoms with Gasteiger partial charge in [0.25, 0.3) is 0 Å². The lowest BCUT2D eigenvalue weighted by Crippen LogP contribution is -2.17. The number of furan rings is 1. The summed E-state index contributed by atoms with van der Waals surface area (Å²) < 4.78 is 30.9. The van der Waals surface area contributed by atoms with Crippen LogP contribution in [0.1, 0.15) is 29.7 Å². The lowest BCUT2D eigenvalue weighted by Gasteiger charge is -2.03. The van der Waals surface area contributed by atoms with Gasteiger partial charge < -0.3 is 4.42 Å². The van der Waals surface area contributed by atoms with E-state index in [1.54, 1.807) is 13.8 Å². The van der Waals surface area contributed by atoms with E-state index in [0.29, 0.717) is 24.2 Å². The Morgan fingerprint density at radius 2 is 2.06 bits per heavy atom. The van der Waals surface area contributed by atoms with Gasteiger partial charge in [-0.2, -0.15) is 5.26 Å². The number of nitrogens with zero attached hydrogens (tertiary/aromatic N) is 1. The lowest BCUT2D eigenvalue weighted by atomic mass is 10.2. The minimum absolute atomic E-state index is 0.0457. The van der Waals surface area contributed by atoms with Crippen LogP contribution in [0.4, 0.5) is 5.88 Å². The highest BCUT2D eigenvalue weighted by atomic mass is 32.2. The third-order valence-electron chi connectivity index (χ3n) is 2.70. The van der Waals surface area contributed by atoms with E-state index in [-0.39, 0.29) is 16.7 Å². The van der Waals surface area contributed by atoms with Gasteiger partial charge in [0.05, 0.1) is 5.25 Å². The number of nitrogens with one attached hydrogen (secondary N) is 1. The zero-order valence-corrected chi connectivity index (χ0v) is 9.89. The second kappa shape index (κ2) is 3.52. The van der Waals surface area contributed by atoms with Crippen LogP contribution >= 0.6 is 0 Å². The fourth-order valence-electron chi connectivity index (χ4n) is 1.42. The smallest absolute Gasteiger partial charge is 0.237 e. The van der Waals surface area contributed by atoms with E-state index in [4.69, 9.17) is 9.68 Å². The summed E-state index contributed by atoms with van der Waals surface area (Å²) in [5.41, 5.74) is 0.942. The molecule has 5 nitrogen and oxygen atoms in total. The SMILES string of the molecule is Cc1oc(NS(=O)(=O)C2CC2)c(C#N)c1C. The molecule has 1 saturated carbocycles. The Balaban J connectivity index is 2.35. The zero-order chi connectivity index (χ0) is 11.9. The molecule has 0 saturated heterocycles. The van der Waals surface area contributed by atoms with Gasteiger partial charge in [0.1, 0.15) is 17.4 Å². The molecule has 0 aliphatic heterocycles. The Kier molecular flexibility index (Phi) is 2.43. The number of nitriles is 1. The topological polar surface area (TPSA) is 83.1 Å². The highest BCUT2D eigenvalue weighted by molar-refractivity contribution is 7.93. The van der Waals surface area contributed by atoms with Crippen LogP contribution < -0.4 is 4.72 Å². The first kappa shape index (κ1) is 11.0. The molecule has 1 aromatic rings. The maximum Gasteiger partial charge on any atom is 0.237 e. The molecule has 1 aliphatic carbocycles. The number of rotatable bonds is 3. The van der Waals surface area contributed by atoms with Crippen molar-refractivity contribution >= 4 is 15.9 Å². The van der Waals surface area contributed by atoms with Gasteiger partial charge in [-0.25, -0.2) is 8.42 Å². The predicted molar refractivity (Wildman–Crippen MR) is 58.5 cm³/mol. The summed E-state index contributed by atoms with van der Waals surface area (Å²) >= 11 is 0. The van der Waals surface area contributed by atoms with Gasteiger partial charge in [0, 0.05) is 5.56 Å². The van der Waals surface area contributed by atoms with Crippen molar-refractivity contribution in [1.82, 2.24) is 0 Å². The maximum atomic E-state index is 11.7. The number of anilines is 1. The van der Waals surface area contributed by atoms with E-state index in [2.05, 4.69) is 4.72 Å². The highest BCUT2D eigenvalue weighted by Crippen LogP contribution is 2.32. The quantitative estimate of drug-likeness (QED) is 0.871. The summed E-state index contributed by atoms with van der Waals surface area (Å²) in [6, 6.07) is 1.95. The molecule has 0 bridgehead atoms. The van der Waals surface area contributed by atoms with Gasteiger partial charge in [-0.1, -0.05) is 0 Å². The van der Waals surface area contributed by atoms with Crippen molar-refractivity contribution in [3.8, 4) is 6.07 Å². The van der Waals surface area contributed by atoms with Gasteiger partial charge in [0.2, 0.25) is 15.9 Å². The zero-order valence-electron chi connectivity index (χ0n) is 9.07. The average Bonchev–Trinajstić information content (AvgIpc) is 2.97. The largest absolute Gasteiger partial charge is 0.443 e. The van der Waals surface area contributed by atoms with Crippen molar-refractivity contribution in [2.24, 2.45) is 0 Å². The maximum absolute atomic E-state index is 11.7. The first-order chi connectivity index (χ1) is 7.45. The Morgan fingerprint density at radius 1 is 1.44 bits per heavy atom. The van der Waals surface area contributed by atoms with E-state index >= 15 is 0 Å². The van der Waals surface area contributed by atoms with Crippen LogP contribution in [0.3, 0.4) is 0 Å². The summed E-state index contributed by atoms with van der Waals surface area (Å²) in [6.07, 6.45) is 1.35. The number of hydrogen-bond acceptors (Lipinski definition) is 4. The second-order valence-electron chi connectivity index (χ2n) is 3.95. The minimum Gasteiger partial charge on any atom is -0.443 e. The molecule has 0 aromatic carbocycles. The monoisotopic (exact) mass is 240 g/mol. The molecule has 0 atom stereocenters. The Hall–Kier alpha value is -1.48. The van der Waals surface area contributed by atoms with E-state index < -0.39 is 10.0 Å². The fraction of sp³-hybridized carbons (Fsp3) is 0.500. The first-order valence-electron chi connectivity index (χ1n) is 4.97. The van der Waals surface area contributed by atoms with Gasteiger partial charge in [-0.05, 0) is 26.7 Å². The number of hydrogen-bond donors (Lipinski definition) is 1. The molecule has 0 unspecified atom stereocenters. The number of sulfonamides is 1. The molecule has 1 aliphatic rings. The van der Waals surface area contributed by atoms with Crippen molar-refractivity contribution in [3.63, 3.8) is 0 Å². The van der Waals surface area contributed by atoms with Crippen molar-refractivity contribution in [3.05, 3.63) is 16.9 Å². The first-order valence-corrected chi connectivity index (χ1v) is 6.52. The molecular weight excluding hydrogens is 228 g/mol. The third-order valence-corrected chi connectivity index (χ3v) is 4.51.